The highest BCUT2D eigenvalue weighted by Crippen LogP contribution is 2.09. The van der Waals surface area contributed by atoms with E-state index in [-0.39, 0.29) is 6.17 Å². The van der Waals surface area contributed by atoms with Crippen molar-refractivity contribution in [2.24, 2.45) is 10.2 Å². The van der Waals surface area contributed by atoms with Gasteiger partial charge in [0.25, 0.3) is 0 Å². The average Bonchev–Trinajstić information content (AvgIpc) is 2.52. The number of nitrogens with zero attached hydrogens (tertiary/aromatic N) is 4. The number of nitrogens with one attached hydrogen (secondary N) is 1. The van der Waals surface area contributed by atoms with E-state index in [1.54, 1.807) is 6.34 Å². The summed E-state index contributed by atoms with van der Waals surface area (Å²) in [5.74, 6) is 0. The predicted octanol–water partition coefficient (Wildman–Crippen LogP) is 0.242. The monoisotopic (exact) mass is 181 g/mol. The topological polar surface area (TPSA) is 43.2 Å². The standard InChI is InChI=1S/C8H15N5/c1-4-9-10-7-12(2)8-5-6-11-13(8)3/h4,6-9H,1,5H2,2-3H3/b10-7-. The maximum absolute atomic E-state index is 4.13. The van der Waals surface area contributed by atoms with E-state index in [0.29, 0.717) is 0 Å². The van der Waals surface area contributed by atoms with Crippen LogP contribution in [-0.4, -0.2) is 42.7 Å². The summed E-state index contributed by atoms with van der Waals surface area (Å²) >= 11 is 0. The van der Waals surface area contributed by atoms with Gasteiger partial charge in [0.15, 0.2) is 0 Å². The molecule has 1 rings (SSSR count). The van der Waals surface area contributed by atoms with Gasteiger partial charge in [-0.3, -0.25) is 10.4 Å². The second kappa shape index (κ2) is 4.49. The third kappa shape index (κ3) is 2.47. The molecule has 0 bridgehead atoms. The van der Waals surface area contributed by atoms with Crippen LogP contribution in [0, 0.1) is 0 Å². The van der Waals surface area contributed by atoms with Crippen molar-refractivity contribution in [1.82, 2.24) is 15.3 Å². The van der Waals surface area contributed by atoms with Gasteiger partial charge in [0.2, 0.25) is 0 Å². The van der Waals surface area contributed by atoms with E-state index in [4.69, 9.17) is 0 Å². The van der Waals surface area contributed by atoms with Crippen LogP contribution in [-0.2, 0) is 0 Å². The van der Waals surface area contributed by atoms with Gasteiger partial charge in [-0.05, 0) is 0 Å². The number of hydrazone groups is 2. The molecule has 0 aromatic carbocycles. The van der Waals surface area contributed by atoms with E-state index in [1.807, 2.05) is 30.2 Å². The lowest BCUT2D eigenvalue weighted by molar-refractivity contribution is 0.170. The van der Waals surface area contributed by atoms with Crippen molar-refractivity contribution >= 4 is 12.6 Å². The van der Waals surface area contributed by atoms with Crippen LogP contribution in [0.5, 0.6) is 0 Å². The molecule has 5 heteroatoms. The SMILES string of the molecule is C=CN/N=C\N(C)C1CC=NN1C. The number of hydrogen-bond donors (Lipinski definition) is 1. The van der Waals surface area contributed by atoms with Crippen molar-refractivity contribution in [2.45, 2.75) is 12.6 Å². The quantitative estimate of drug-likeness (QED) is 0.384. The van der Waals surface area contributed by atoms with Gasteiger partial charge in [-0.25, -0.2) is 0 Å². The lowest BCUT2D eigenvalue weighted by Crippen LogP contribution is -2.38. The Kier molecular flexibility index (Phi) is 3.31. The molecule has 1 atom stereocenters. The van der Waals surface area contributed by atoms with Crippen molar-refractivity contribution in [1.29, 1.82) is 0 Å². The predicted molar refractivity (Wildman–Crippen MR) is 54.2 cm³/mol. The second-order valence-corrected chi connectivity index (χ2v) is 2.83. The van der Waals surface area contributed by atoms with Gasteiger partial charge in [0, 0.05) is 32.9 Å². The maximum atomic E-state index is 4.13. The van der Waals surface area contributed by atoms with E-state index in [1.165, 1.54) is 6.20 Å². The summed E-state index contributed by atoms with van der Waals surface area (Å²) in [4.78, 5) is 1.99. The highest BCUT2D eigenvalue weighted by Gasteiger charge is 2.19. The fourth-order valence-corrected chi connectivity index (χ4v) is 1.18. The highest BCUT2D eigenvalue weighted by molar-refractivity contribution is 5.62. The summed E-state index contributed by atoms with van der Waals surface area (Å²) in [5.41, 5.74) is 2.65. The molecule has 0 aromatic rings. The Labute approximate surface area is 78.4 Å². The molecule has 0 saturated carbocycles. The Morgan fingerprint density at radius 1 is 1.85 bits per heavy atom. The van der Waals surface area contributed by atoms with Gasteiger partial charge in [-0.15, -0.1) is 0 Å². The van der Waals surface area contributed by atoms with E-state index < -0.39 is 0 Å². The van der Waals surface area contributed by atoms with Gasteiger partial charge in [-0.2, -0.15) is 10.2 Å². The molecule has 13 heavy (non-hydrogen) atoms. The van der Waals surface area contributed by atoms with Crippen molar-refractivity contribution < 1.29 is 0 Å². The minimum absolute atomic E-state index is 0.273. The fraction of sp³-hybridized carbons (Fsp3) is 0.500. The first-order chi connectivity index (χ1) is 6.25. The third-order valence-electron chi connectivity index (χ3n) is 1.89. The minimum atomic E-state index is 0.273. The zero-order chi connectivity index (χ0) is 9.68. The molecular formula is C8H15N5. The van der Waals surface area contributed by atoms with E-state index >= 15 is 0 Å². The first-order valence-electron chi connectivity index (χ1n) is 4.12. The first-order valence-corrected chi connectivity index (χ1v) is 4.12. The van der Waals surface area contributed by atoms with Crippen molar-refractivity contribution in [3.63, 3.8) is 0 Å². The Hall–Kier alpha value is -1.52. The molecule has 0 fully saturated rings. The van der Waals surface area contributed by atoms with Crippen molar-refractivity contribution in [2.75, 3.05) is 14.1 Å². The Morgan fingerprint density at radius 3 is 3.15 bits per heavy atom. The van der Waals surface area contributed by atoms with Gasteiger partial charge >= 0.3 is 0 Å². The Morgan fingerprint density at radius 2 is 2.62 bits per heavy atom. The summed E-state index contributed by atoms with van der Waals surface area (Å²) in [6.45, 7) is 3.49. The zero-order valence-electron chi connectivity index (χ0n) is 8.01. The van der Waals surface area contributed by atoms with Crippen LogP contribution >= 0.6 is 0 Å². The zero-order valence-corrected chi connectivity index (χ0v) is 8.01. The summed E-state index contributed by atoms with van der Waals surface area (Å²) in [7, 11) is 3.91. The molecule has 0 radical (unpaired) electrons. The maximum Gasteiger partial charge on any atom is 0.123 e. The lowest BCUT2D eigenvalue weighted by Gasteiger charge is -2.26. The van der Waals surface area contributed by atoms with Crippen molar-refractivity contribution in [3.05, 3.63) is 12.8 Å². The molecular weight excluding hydrogens is 166 g/mol. The molecule has 5 nitrogen and oxygen atoms in total. The molecule has 1 aliphatic rings. The normalized spacial score (nSPS) is 21.1. The van der Waals surface area contributed by atoms with Crippen LogP contribution in [0.3, 0.4) is 0 Å². The molecule has 1 heterocycles. The third-order valence-corrected chi connectivity index (χ3v) is 1.89. The molecule has 0 spiro atoms. The highest BCUT2D eigenvalue weighted by atomic mass is 15.5. The lowest BCUT2D eigenvalue weighted by atomic mass is 10.3. The molecule has 1 unspecified atom stereocenters. The fourth-order valence-electron chi connectivity index (χ4n) is 1.18. The van der Waals surface area contributed by atoms with Crippen molar-refractivity contribution in [3.8, 4) is 0 Å². The van der Waals surface area contributed by atoms with Gasteiger partial charge < -0.3 is 4.90 Å². The summed E-state index contributed by atoms with van der Waals surface area (Å²) in [5, 5.41) is 9.95. The van der Waals surface area contributed by atoms with E-state index in [9.17, 15) is 0 Å². The molecule has 72 valence electrons. The second-order valence-electron chi connectivity index (χ2n) is 2.83. The van der Waals surface area contributed by atoms with Gasteiger partial charge in [-0.1, -0.05) is 6.58 Å². The smallest absolute Gasteiger partial charge is 0.123 e. The summed E-state index contributed by atoms with van der Waals surface area (Å²) in [6, 6.07) is 0. The van der Waals surface area contributed by atoms with Crippen LogP contribution in [0.15, 0.2) is 23.0 Å². The van der Waals surface area contributed by atoms with Gasteiger partial charge in [0.1, 0.15) is 12.5 Å². The Balaban J connectivity index is 2.39. The number of hydrogen-bond acceptors (Lipinski definition) is 4. The number of rotatable bonds is 4. The van der Waals surface area contributed by atoms with Crippen LogP contribution in [0.1, 0.15) is 6.42 Å². The first kappa shape index (κ1) is 9.57. The Bertz CT molecular complexity index is 223. The van der Waals surface area contributed by atoms with Crippen LogP contribution < -0.4 is 5.43 Å². The molecule has 0 aliphatic carbocycles. The summed E-state index contributed by atoms with van der Waals surface area (Å²) in [6.07, 6.45) is 6.34. The van der Waals surface area contributed by atoms with Crippen LogP contribution in [0.4, 0.5) is 0 Å². The largest absolute Gasteiger partial charge is 0.342 e. The van der Waals surface area contributed by atoms with Crippen LogP contribution in [0.2, 0.25) is 0 Å². The van der Waals surface area contributed by atoms with E-state index in [2.05, 4.69) is 22.2 Å². The average molecular weight is 181 g/mol. The molecule has 1 aliphatic heterocycles. The van der Waals surface area contributed by atoms with Gasteiger partial charge in [0.05, 0.1) is 0 Å². The minimum Gasteiger partial charge on any atom is -0.342 e. The molecule has 1 N–H and O–H groups in total. The summed E-state index contributed by atoms with van der Waals surface area (Å²) < 4.78 is 0. The van der Waals surface area contributed by atoms with Crippen LogP contribution in [0.25, 0.3) is 0 Å². The molecule has 0 amide bonds. The molecule has 0 aromatic heterocycles. The molecule has 0 saturated heterocycles. The van der Waals surface area contributed by atoms with E-state index in [0.717, 1.165) is 6.42 Å².